The van der Waals surface area contributed by atoms with Crippen LogP contribution in [0.2, 0.25) is 0 Å². The van der Waals surface area contributed by atoms with Gasteiger partial charge in [0.25, 0.3) is 20.0 Å². The van der Waals surface area contributed by atoms with Crippen molar-refractivity contribution in [3.05, 3.63) is 83.9 Å². The first-order chi connectivity index (χ1) is 16.0. The molecule has 0 unspecified atom stereocenters. The van der Waals surface area contributed by atoms with E-state index in [0.717, 1.165) is 11.1 Å². The lowest BCUT2D eigenvalue weighted by Crippen LogP contribution is -2.21. The second-order valence-corrected chi connectivity index (χ2v) is 11.8. The number of nitrogens with zero attached hydrogens (tertiary/aromatic N) is 2. The van der Waals surface area contributed by atoms with Crippen LogP contribution in [0.25, 0.3) is 0 Å². The molecule has 182 valence electrons. The predicted octanol–water partition coefficient (Wildman–Crippen LogP) is 3.41. The Bertz CT molecular complexity index is 1230. The number of nitrogens with one attached hydrogen (secondary N) is 2. The van der Waals surface area contributed by atoms with Crippen LogP contribution in [0.5, 0.6) is 0 Å². The van der Waals surface area contributed by atoms with E-state index < -0.39 is 20.0 Å². The first-order valence-corrected chi connectivity index (χ1v) is 13.6. The van der Waals surface area contributed by atoms with Gasteiger partial charge in [-0.3, -0.25) is 9.44 Å². The lowest BCUT2D eigenvalue weighted by atomic mass is 10.1. The van der Waals surface area contributed by atoms with Crippen molar-refractivity contribution in [2.75, 3.05) is 37.6 Å². The molecule has 0 bridgehead atoms. The Morgan fingerprint density at radius 3 is 1.26 bits per heavy atom. The summed E-state index contributed by atoms with van der Waals surface area (Å²) in [6.07, 6.45) is 0. The standard InChI is InChI=1S/C24H30N4O4S2/c1-27(2)17-19-15-20(18-28(3)4)24(26-34(31,32)22-13-9-6-10-14-22)16-23(19)25-33(29,30)21-11-7-5-8-12-21/h5-16,25-26H,17-18H2,1-4H3. The number of sulfonamides is 2. The third-order valence-corrected chi connectivity index (χ3v) is 7.66. The Morgan fingerprint density at radius 1 is 0.588 bits per heavy atom. The van der Waals surface area contributed by atoms with Gasteiger partial charge < -0.3 is 9.80 Å². The van der Waals surface area contributed by atoms with Gasteiger partial charge in [-0.05, 0) is 75.7 Å². The minimum absolute atomic E-state index is 0.120. The van der Waals surface area contributed by atoms with E-state index >= 15 is 0 Å². The zero-order valence-electron chi connectivity index (χ0n) is 19.7. The van der Waals surface area contributed by atoms with Crippen LogP contribution < -0.4 is 9.44 Å². The van der Waals surface area contributed by atoms with Crippen LogP contribution in [0, 0.1) is 0 Å². The molecule has 0 heterocycles. The minimum Gasteiger partial charge on any atom is -0.305 e. The van der Waals surface area contributed by atoms with Gasteiger partial charge in [-0.2, -0.15) is 0 Å². The summed E-state index contributed by atoms with van der Waals surface area (Å²) < 4.78 is 57.5. The number of anilines is 2. The molecule has 0 aliphatic rings. The average molecular weight is 503 g/mol. The number of hydrogen-bond donors (Lipinski definition) is 2. The Kier molecular flexibility index (Phi) is 7.98. The smallest absolute Gasteiger partial charge is 0.261 e. The van der Waals surface area contributed by atoms with Gasteiger partial charge in [-0.15, -0.1) is 0 Å². The molecule has 8 nitrogen and oxygen atoms in total. The molecule has 0 aliphatic heterocycles. The quantitative estimate of drug-likeness (QED) is 0.441. The summed E-state index contributed by atoms with van der Waals surface area (Å²) in [4.78, 5) is 4.08. The Morgan fingerprint density at radius 2 is 0.941 bits per heavy atom. The monoisotopic (exact) mass is 502 g/mol. The highest BCUT2D eigenvalue weighted by Crippen LogP contribution is 2.31. The van der Waals surface area contributed by atoms with Gasteiger partial charge in [0.2, 0.25) is 0 Å². The number of hydrogen-bond acceptors (Lipinski definition) is 6. The Balaban J connectivity index is 2.12. The van der Waals surface area contributed by atoms with E-state index in [1.54, 1.807) is 42.5 Å². The molecular weight excluding hydrogens is 472 g/mol. The van der Waals surface area contributed by atoms with Crippen LogP contribution in [0.4, 0.5) is 11.4 Å². The maximum absolute atomic E-state index is 13.0. The molecule has 10 heteroatoms. The third kappa shape index (κ3) is 6.57. The highest BCUT2D eigenvalue weighted by Gasteiger charge is 2.21. The molecule has 2 N–H and O–H groups in total. The van der Waals surface area contributed by atoms with Gasteiger partial charge in [0.05, 0.1) is 21.2 Å². The van der Waals surface area contributed by atoms with E-state index in [4.69, 9.17) is 0 Å². The molecule has 0 saturated carbocycles. The third-order valence-electron chi connectivity index (χ3n) is 4.90. The van der Waals surface area contributed by atoms with Crippen LogP contribution in [-0.2, 0) is 33.1 Å². The number of benzene rings is 3. The SMILES string of the molecule is CN(C)Cc1cc(CN(C)C)c(NS(=O)(=O)c2ccccc2)cc1NS(=O)(=O)c1ccccc1. The Labute approximate surface area is 202 Å². The van der Waals surface area contributed by atoms with Crippen molar-refractivity contribution in [2.45, 2.75) is 22.9 Å². The molecule has 0 atom stereocenters. The van der Waals surface area contributed by atoms with Crippen molar-refractivity contribution in [1.82, 2.24) is 9.80 Å². The van der Waals surface area contributed by atoms with Crippen LogP contribution in [0.1, 0.15) is 11.1 Å². The fraction of sp³-hybridized carbons (Fsp3) is 0.250. The molecule has 0 spiro atoms. The maximum atomic E-state index is 13.0. The average Bonchev–Trinajstić information content (AvgIpc) is 2.77. The van der Waals surface area contributed by atoms with E-state index in [0.29, 0.717) is 24.5 Å². The van der Waals surface area contributed by atoms with Crippen molar-refractivity contribution >= 4 is 31.4 Å². The topological polar surface area (TPSA) is 98.8 Å². The van der Waals surface area contributed by atoms with Crippen LogP contribution in [0.15, 0.2) is 82.6 Å². The zero-order valence-corrected chi connectivity index (χ0v) is 21.3. The molecule has 3 aromatic carbocycles. The lowest BCUT2D eigenvalue weighted by Gasteiger charge is -2.22. The molecule has 3 aromatic rings. The lowest BCUT2D eigenvalue weighted by molar-refractivity contribution is 0.396. The molecule has 34 heavy (non-hydrogen) atoms. The summed E-state index contributed by atoms with van der Waals surface area (Å²) in [6, 6.07) is 19.5. The molecule has 3 rings (SSSR count). The summed E-state index contributed by atoms with van der Waals surface area (Å²) in [5.41, 5.74) is 2.07. The highest BCUT2D eigenvalue weighted by molar-refractivity contribution is 7.93. The summed E-state index contributed by atoms with van der Waals surface area (Å²) in [7, 11) is -0.224. The van der Waals surface area contributed by atoms with Gasteiger partial charge in [0.1, 0.15) is 0 Å². The van der Waals surface area contributed by atoms with Crippen molar-refractivity contribution in [3.63, 3.8) is 0 Å². The van der Waals surface area contributed by atoms with E-state index in [1.807, 2.05) is 44.1 Å². The number of rotatable bonds is 10. The molecule has 0 fully saturated rings. The summed E-state index contributed by atoms with van der Waals surface area (Å²) in [6.45, 7) is 0.914. The molecule has 0 radical (unpaired) electrons. The summed E-state index contributed by atoms with van der Waals surface area (Å²) >= 11 is 0. The normalized spacial score (nSPS) is 12.2. The summed E-state index contributed by atoms with van der Waals surface area (Å²) in [5, 5.41) is 0. The maximum Gasteiger partial charge on any atom is 0.261 e. The van der Waals surface area contributed by atoms with Crippen molar-refractivity contribution in [3.8, 4) is 0 Å². The zero-order chi connectivity index (χ0) is 24.9. The molecule has 0 aromatic heterocycles. The fourth-order valence-electron chi connectivity index (χ4n) is 3.44. The van der Waals surface area contributed by atoms with Gasteiger partial charge in [-0.25, -0.2) is 16.8 Å². The van der Waals surface area contributed by atoms with Gasteiger partial charge >= 0.3 is 0 Å². The van der Waals surface area contributed by atoms with Gasteiger partial charge in [0, 0.05) is 13.1 Å². The highest BCUT2D eigenvalue weighted by atomic mass is 32.2. The van der Waals surface area contributed by atoms with Crippen LogP contribution >= 0.6 is 0 Å². The molecule has 0 saturated heterocycles. The second kappa shape index (κ2) is 10.6. The fourth-order valence-corrected chi connectivity index (χ4v) is 5.66. The first kappa shape index (κ1) is 25.7. The van der Waals surface area contributed by atoms with Crippen molar-refractivity contribution < 1.29 is 16.8 Å². The van der Waals surface area contributed by atoms with E-state index in [2.05, 4.69) is 9.44 Å². The van der Waals surface area contributed by atoms with Crippen LogP contribution in [-0.4, -0.2) is 54.8 Å². The Hall–Kier alpha value is -2.92. The van der Waals surface area contributed by atoms with Gasteiger partial charge in [0.15, 0.2) is 0 Å². The molecule has 0 amide bonds. The van der Waals surface area contributed by atoms with Crippen molar-refractivity contribution in [2.24, 2.45) is 0 Å². The van der Waals surface area contributed by atoms with Crippen LogP contribution in [0.3, 0.4) is 0 Å². The van der Waals surface area contributed by atoms with Gasteiger partial charge in [-0.1, -0.05) is 36.4 Å². The van der Waals surface area contributed by atoms with Crippen molar-refractivity contribution in [1.29, 1.82) is 0 Å². The predicted molar refractivity (Wildman–Crippen MR) is 136 cm³/mol. The second-order valence-electron chi connectivity index (χ2n) is 8.48. The molecule has 0 aliphatic carbocycles. The molecular formula is C24H30N4O4S2. The van der Waals surface area contributed by atoms with E-state index in [-0.39, 0.29) is 9.79 Å². The first-order valence-electron chi connectivity index (χ1n) is 10.6. The van der Waals surface area contributed by atoms with E-state index in [1.165, 1.54) is 24.3 Å². The summed E-state index contributed by atoms with van der Waals surface area (Å²) in [5.74, 6) is 0. The minimum atomic E-state index is -3.88. The largest absolute Gasteiger partial charge is 0.305 e. The van der Waals surface area contributed by atoms with E-state index in [9.17, 15) is 16.8 Å².